The van der Waals surface area contributed by atoms with Crippen LogP contribution in [-0.2, 0) is 0 Å². The highest BCUT2D eigenvalue weighted by Crippen LogP contribution is 2.60. The van der Waals surface area contributed by atoms with Crippen LogP contribution in [0, 0.1) is 19.3 Å². The molecule has 3 heterocycles. The topological polar surface area (TPSA) is 29.3 Å². The fourth-order valence-electron chi connectivity index (χ4n) is 5.60. The predicted molar refractivity (Wildman–Crippen MR) is 103 cm³/mol. The lowest BCUT2D eigenvalue weighted by atomic mass is 9.82. The number of fused-ring (bicyclic) bond motifs is 5. The minimum absolute atomic E-state index is 0.232. The molecular weight excluding hydrogens is 308 g/mol. The first-order valence-electron chi connectivity index (χ1n) is 9.41. The van der Waals surface area contributed by atoms with Crippen LogP contribution in [0.15, 0.2) is 28.7 Å². The van der Waals surface area contributed by atoms with Crippen molar-refractivity contribution in [3.05, 3.63) is 35.5 Å². The van der Waals surface area contributed by atoms with Crippen molar-refractivity contribution in [2.45, 2.75) is 65.5 Å². The summed E-state index contributed by atoms with van der Waals surface area (Å²) in [5.74, 6) is 0. The van der Waals surface area contributed by atoms with Crippen LogP contribution in [0.5, 0.6) is 0 Å². The lowest BCUT2D eigenvalue weighted by molar-refractivity contribution is 0.290. The van der Waals surface area contributed by atoms with E-state index in [1.165, 1.54) is 35.9 Å². The summed E-state index contributed by atoms with van der Waals surface area (Å²) < 4.78 is 6.34. The van der Waals surface area contributed by atoms with Gasteiger partial charge in [0.05, 0.1) is 5.69 Å². The average molecular weight is 334 g/mol. The number of pyridine rings is 1. The number of anilines is 1. The van der Waals surface area contributed by atoms with Gasteiger partial charge in [0.15, 0.2) is 5.58 Å². The van der Waals surface area contributed by atoms with Crippen LogP contribution >= 0.6 is 0 Å². The normalized spacial score (nSPS) is 31.6. The van der Waals surface area contributed by atoms with E-state index in [2.05, 4.69) is 61.8 Å². The van der Waals surface area contributed by atoms with Gasteiger partial charge >= 0.3 is 0 Å². The average Bonchev–Trinajstić information content (AvgIpc) is 3.13. The lowest BCUT2D eigenvalue weighted by Crippen LogP contribution is -2.49. The van der Waals surface area contributed by atoms with E-state index in [1.54, 1.807) is 0 Å². The van der Waals surface area contributed by atoms with Gasteiger partial charge in [0.25, 0.3) is 0 Å². The summed E-state index contributed by atoms with van der Waals surface area (Å²) in [6.45, 7) is 11.5. The van der Waals surface area contributed by atoms with E-state index in [1.807, 2.05) is 6.92 Å². The largest absolute Gasteiger partial charge is 0.436 e. The second-order valence-corrected chi connectivity index (χ2v) is 8.89. The number of rotatable bonds is 1. The summed E-state index contributed by atoms with van der Waals surface area (Å²) >= 11 is 0. The fourth-order valence-corrected chi connectivity index (χ4v) is 5.60. The van der Waals surface area contributed by atoms with Crippen LogP contribution in [0.1, 0.15) is 51.3 Å². The van der Waals surface area contributed by atoms with E-state index < -0.39 is 0 Å². The molecule has 0 N–H and O–H groups in total. The highest BCUT2D eigenvalue weighted by Gasteiger charge is 2.59. The van der Waals surface area contributed by atoms with E-state index in [-0.39, 0.29) is 5.54 Å². The number of benzene rings is 1. The van der Waals surface area contributed by atoms with Gasteiger partial charge in [0.2, 0.25) is 5.71 Å². The Kier molecular flexibility index (Phi) is 2.79. The maximum Gasteiger partial charge on any atom is 0.227 e. The standard InChI is InChI=1S/C22H26N2O/c1-13-6-8-16-17-9-7-14(2)23-20(17)25-19(16)18(13)24-15(3)21(4)10-11-22(24,5)12-21/h6-9,15H,10-12H2,1-5H3/t15-,21?,22?/m0/s1. The summed E-state index contributed by atoms with van der Waals surface area (Å²) in [5, 5.41) is 2.31. The molecule has 3 atom stereocenters. The van der Waals surface area contributed by atoms with Crippen LogP contribution in [0.3, 0.4) is 0 Å². The molecule has 1 aliphatic carbocycles. The van der Waals surface area contributed by atoms with E-state index in [0.29, 0.717) is 11.5 Å². The molecule has 2 unspecified atom stereocenters. The lowest BCUT2D eigenvalue weighted by Gasteiger charge is -2.44. The third kappa shape index (κ3) is 1.84. The second-order valence-electron chi connectivity index (χ2n) is 8.89. The molecule has 0 radical (unpaired) electrons. The molecule has 25 heavy (non-hydrogen) atoms. The Morgan fingerprint density at radius 3 is 2.56 bits per heavy atom. The molecule has 1 saturated carbocycles. The van der Waals surface area contributed by atoms with E-state index in [9.17, 15) is 0 Å². The van der Waals surface area contributed by atoms with Crippen LogP contribution in [0.25, 0.3) is 22.1 Å². The summed E-state index contributed by atoms with van der Waals surface area (Å²) in [4.78, 5) is 7.29. The van der Waals surface area contributed by atoms with Crippen molar-refractivity contribution in [1.29, 1.82) is 0 Å². The van der Waals surface area contributed by atoms with Crippen molar-refractivity contribution in [1.82, 2.24) is 4.98 Å². The number of piperidine rings is 1. The Morgan fingerprint density at radius 1 is 1.08 bits per heavy atom. The van der Waals surface area contributed by atoms with Crippen molar-refractivity contribution >= 4 is 27.8 Å². The van der Waals surface area contributed by atoms with Crippen LogP contribution in [0.4, 0.5) is 5.69 Å². The maximum atomic E-state index is 6.34. The first kappa shape index (κ1) is 15.2. The molecule has 2 bridgehead atoms. The van der Waals surface area contributed by atoms with Gasteiger partial charge in [-0.25, -0.2) is 4.98 Å². The van der Waals surface area contributed by atoms with Gasteiger partial charge in [0.1, 0.15) is 0 Å². The van der Waals surface area contributed by atoms with Gasteiger partial charge in [-0.3, -0.25) is 0 Å². The highest BCUT2D eigenvalue weighted by atomic mass is 16.3. The van der Waals surface area contributed by atoms with Gasteiger partial charge in [-0.1, -0.05) is 19.1 Å². The van der Waals surface area contributed by atoms with Crippen molar-refractivity contribution < 1.29 is 4.42 Å². The smallest absolute Gasteiger partial charge is 0.227 e. The molecule has 2 fully saturated rings. The molecule has 1 saturated heterocycles. The molecular formula is C22H26N2O. The zero-order chi connectivity index (χ0) is 17.6. The first-order chi connectivity index (χ1) is 11.8. The van der Waals surface area contributed by atoms with E-state index >= 15 is 0 Å². The molecule has 5 rings (SSSR count). The van der Waals surface area contributed by atoms with E-state index in [0.717, 1.165) is 22.4 Å². The predicted octanol–water partition coefficient (Wildman–Crippen LogP) is 5.76. The monoisotopic (exact) mass is 334 g/mol. The molecule has 0 spiro atoms. The maximum absolute atomic E-state index is 6.34. The Labute approximate surface area is 149 Å². The number of hydrogen-bond acceptors (Lipinski definition) is 3. The molecule has 3 heteroatoms. The molecule has 1 aliphatic heterocycles. The van der Waals surface area contributed by atoms with Crippen molar-refractivity contribution in [3.63, 3.8) is 0 Å². The van der Waals surface area contributed by atoms with Crippen molar-refractivity contribution in [3.8, 4) is 0 Å². The molecule has 3 nitrogen and oxygen atoms in total. The fraction of sp³-hybridized carbons (Fsp3) is 0.500. The molecule has 0 amide bonds. The highest BCUT2D eigenvalue weighted by molar-refractivity contribution is 6.08. The van der Waals surface area contributed by atoms with Crippen LogP contribution in [-0.4, -0.2) is 16.6 Å². The molecule has 3 aromatic rings. The number of hydrogen-bond donors (Lipinski definition) is 0. The van der Waals surface area contributed by atoms with Gasteiger partial charge in [-0.05, 0) is 70.1 Å². The first-order valence-corrected chi connectivity index (χ1v) is 9.41. The van der Waals surface area contributed by atoms with Crippen LogP contribution < -0.4 is 4.90 Å². The minimum Gasteiger partial charge on any atom is -0.436 e. The van der Waals surface area contributed by atoms with Gasteiger partial charge in [-0.2, -0.15) is 0 Å². The van der Waals surface area contributed by atoms with Gasteiger partial charge in [-0.15, -0.1) is 0 Å². The number of aromatic nitrogens is 1. The zero-order valence-electron chi connectivity index (χ0n) is 15.8. The Bertz CT molecular complexity index is 1020. The summed E-state index contributed by atoms with van der Waals surface area (Å²) in [6, 6.07) is 9.18. The van der Waals surface area contributed by atoms with Crippen molar-refractivity contribution in [2.24, 2.45) is 5.41 Å². The minimum atomic E-state index is 0.232. The molecule has 2 aliphatic rings. The van der Waals surface area contributed by atoms with Crippen LogP contribution in [0.2, 0.25) is 0 Å². The molecule has 1 aromatic carbocycles. The van der Waals surface area contributed by atoms with Gasteiger partial charge < -0.3 is 9.32 Å². The Hall–Kier alpha value is -2.03. The number of furan rings is 1. The van der Waals surface area contributed by atoms with E-state index in [4.69, 9.17) is 4.42 Å². The summed E-state index contributed by atoms with van der Waals surface area (Å²) in [6.07, 6.45) is 3.87. The second kappa shape index (κ2) is 4.57. The summed E-state index contributed by atoms with van der Waals surface area (Å²) in [7, 11) is 0. The third-order valence-corrected chi connectivity index (χ3v) is 7.06. The molecule has 130 valence electrons. The zero-order valence-corrected chi connectivity index (χ0v) is 15.8. The quantitative estimate of drug-likeness (QED) is 0.567. The SMILES string of the molecule is Cc1ccc2c(n1)oc1c(N3[C@@H](C)C4(C)CCC3(C)C4)c(C)ccc12. The summed E-state index contributed by atoms with van der Waals surface area (Å²) in [5.41, 5.74) is 5.99. The number of aryl methyl sites for hydroxylation is 2. The third-order valence-electron chi connectivity index (χ3n) is 7.06. The Morgan fingerprint density at radius 2 is 1.84 bits per heavy atom. The number of nitrogens with zero attached hydrogens (tertiary/aromatic N) is 2. The Balaban J connectivity index is 1.82. The molecule has 2 aromatic heterocycles. The van der Waals surface area contributed by atoms with Gasteiger partial charge in [0, 0.05) is 28.0 Å². The van der Waals surface area contributed by atoms with Crippen molar-refractivity contribution in [2.75, 3.05) is 4.90 Å².